The summed E-state index contributed by atoms with van der Waals surface area (Å²) in [6.07, 6.45) is 2.04. The molecule has 1 saturated heterocycles. The number of rotatable bonds is 3. The second-order valence-electron chi connectivity index (χ2n) is 5.08. The average Bonchev–Trinajstić information content (AvgIpc) is 2.70. The van der Waals surface area contributed by atoms with Gasteiger partial charge in [-0.2, -0.15) is 0 Å². The van der Waals surface area contributed by atoms with Gasteiger partial charge in [0.05, 0.1) is 12.7 Å². The Hall–Kier alpha value is -0.930. The van der Waals surface area contributed by atoms with Crippen LogP contribution in [-0.2, 0) is 11.2 Å². The minimum Gasteiger partial charge on any atom is -0.378 e. The van der Waals surface area contributed by atoms with Crippen LogP contribution in [0.4, 0.5) is 4.39 Å². The topological polar surface area (TPSA) is 35.2 Å². The molecule has 0 aromatic heterocycles. The number of halogens is 1. The number of benzene rings is 1. The van der Waals surface area contributed by atoms with Crippen molar-refractivity contribution in [3.63, 3.8) is 0 Å². The van der Waals surface area contributed by atoms with Crippen LogP contribution < -0.4 is 5.73 Å². The Bertz CT molecular complexity index is 394. The van der Waals surface area contributed by atoms with Crippen LogP contribution >= 0.6 is 0 Å². The highest BCUT2D eigenvalue weighted by molar-refractivity contribution is 5.27. The third-order valence-electron chi connectivity index (χ3n) is 3.60. The SMILES string of the molecule is Cc1ccc(F)cc1CC(N)C1COC(C)C1. The van der Waals surface area contributed by atoms with Crippen molar-refractivity contribution in [3.05, 3.63) is 35.1 Å². The fourth-order valence-corrected chi connectivity index (χ4v) is 2.43. The molecule has 0 saturated carbocycles. The molecule has 2 rings (SSSR count). The largest absolute Gasteiger partial charge is 0.378 e. The molecule has 2 N–H and O–H groups in total. The van der Waals surface area contributed by atoms with E-state index in [1.165, 1.54) is 6.07 Å². The Morgan fingerprint density at radius 2 is 2.29 bits per heavy atom. The fourth-order valence-electron chi connectivity index (χ4n) is 2.43. The number of aryl methyl sites for hydroxylation is 1. The molecule has 2 nitrogen and oxygen atoms in total. The van der Waals surface area contributed by atoms with Crippen LogP contribution in [0.1, 0.15) is 24.5 Å². The summed E-state index contributed by atoms with van der Waals surface area (Å²) in [5, 5.41) is 0. The average molecular weight is 237 g/mol. The maximum Gasteiger partial charge on any atom is 0.123 e. The van der Waals surface area contributed by atoms with Crippen LogP contribution in [0.5, 0.6) is 0 Å². The number of hydrogen-bond donors (Lipinski definition) is 1. The lowest BCUT2D eigenvalue weighted by Crippen LogP contribution is -2.33. The van der Waals surface area contributed by atoms with Crippen LogP contribution in [-0.4, -0.2) is 18.8 Å². The molecule has 1 aromatic carbocycles. The molecule has 1 heterocycles. The van der Waals surface area contributed by atoms with E-state index in [4.69, 9.17) is 10.5 Å². The standard InChI is InChI=1S/C14H20FNO/c1-9-3-4-13(15)6-11(9)7-14(16)12-5-10(2)17-8-12/h3-4,6,10,12,14H,5,7-8,16H2,1-2H3. The van der Waals surface area contributed by atoms with Gasteiger partial charge in [-0.25, -0.2) is 4.39 Å². The van der Waals surface area contributed by atoms with E-state index >= 15 is 0 Å². The Labute approximate surface area is 102 Å². The third-order valence-corrected chi connectivity index (χ3v) is 3.60. The number of nitrogens with two attached hydrogens (primary N) is 1. The summed E-state index contributed by atoms with van der Waals surface area (Å²) in [7, 11) is 0. The predicted octanol–water partition coefficient (Wildman–Crippen LogP) is 2.43. The van der Waals surface area contributed by atoms with E-state index in [2.05, 4.69) is 6.92 Å². The second-order valence-corrected chi connectivity index (χ2v) is 5.08. The molecule has 0 amide bonds. The minimum absolute atomic E-state index is 0.0560. The highest BCUT2D eigenvalue weighted by Gasteiger charge is 2.27. The summed E-state index contributed by atoms with van der Waals surface area (Å²) in [6, 6.07) is 4.95. The van der Waals surface area contributed by atoms with E-state index in [0.29, 0.717) is 12.0 Å². The van der Waals surface area contributed by atoms with Gasteiger partial charge in [-0.1, -0.05) is 6.07 Å². The first kappa shape index (κ1) is 12.5. The summed E-state index contributed by atoms with van der Waals surface area (Å²) < 4.78 is 18.7. The zero-order chi connectivity index (χ0) is 12.4. The monoisotopic (exact) mass is 237 g/mol. The van der Waals surface area contributed by atoms with Gasteiger partial charge in [0.1, 0.15) is 5.82 Å². The normalized spacial score (nSPS) is 26.1. The molecule has 1 aliphatic rings. The molecule has 1 aliphatic heterocycles. The summed E-state index contributed by atoms with van der Waals surface area (Å²) in [5.41, 5.74) is 8.31. The Kier molecular flexibility index (Phi) is 3.79. The van der Waals surface area contributed by atoms with Gasteiger partial charge in [0.25, 0.3) is 0 Å². The van der Waals surface area contributed by atoms with Crippen LogP contribution in [0.3, 0.4) is 0 Å². The minimum atomic E-state index is -0.186. The maximum absolute atomic E-state index is 13.2. The lowest BCUT2D eigenvalue weighted by Gasteiger charge is -2.18. The van der Waals surface area contributed by atoms with Crippen LogP contribution in [0, 0.1) is 18.7 Å². The molecule has 3 heteroatoms. The first-order valence-electron chi connectivity index (χ1n) is 6.18. The highest BCUT2D eigenvalue weighted by Crippen LogP contribution is 2.24. The molecule has 0 aliphatic carbocycles. The van der Waals surface area contributed by atoms with E-state index in [0.717, 1.165) is 30.6 Å². The van der Waals surface area contributed by atoms with Crippen molar-refractivity contribution in [3.8, 4) is 0 Å². The molecule has 17 heavy (non-hydrogen) atoms. The van der Waals surface area contributed by atoms with E-state index in [-0.39, 0.29) is 11.9 Å². The molecular formula is C14H20FNO. The molecule has 0 radical (unpaired) electrons. The van der Waals surface area contributed by atoms with Gasteiger partial charge in [0, 0.05) is 12.0 Å². The van der Waals surface area contributed by atoms with Gasteiger partial charge in [-0.05, 0) is 49.9 Å². The smallest absolute Gasteiger partial charge is 0.123 e. The van der Waals surface area contributed by atoms with Gasteiger partial charge in [-0.3, -0.25) is 0 Å². The number of ether oxygens (including phenoxy) is 1. The zero-order valence-electron chi connectivity index (χ0n) is 10.4. The van der Waals surface area contributed by atoms with Crippen molar-refractivity contribution in [2.45, 2.75) is 38.8 Å². The first-order valence-corrected chi connectivity index (χ1v) is 6.18. The molecule has 0 spiro atoms. The van der Waals surface area contributed by atoms with E-state index in [1.807, 2.05) is 13.0 Å². The lowest BCUT2D eigenvalue weighted by molar-refractivity contribution is 0.118. The zero-order valence-corrected chi connectivity index (χ0v) is 10.4. The Morgan fingerprint density at radius 1 is 1.53 bits per heavy atom. The van der Waals surface area contributed by atoms with Crippen molar-refractivity contribution in [2.75, 3.05) is 6.61 Å². The summed E-state index contributed by atoms with van der Waals surface area (Å²) in [4.78, 5) is 0. The van der Waals surface area contributed by atoms with Gasteiger partial charge in [0.15, 0.2) is 0 Å². The quantitative estimate of drug-likeness (QED) is 0.876. The van der Waals surface area contributed by atoms with Crippen molar-refractivity contribution in [1.29, 1.82) is 0 Å². The van der Waals surface area contributed by atoms with E-state index in [9.17, 15) is 4.39 Å². The van der Waals surface area contributed by atoms with Crippen molar-refractivity contribution in [2.24, 2.45) is 11.7 Å². The third kappa shape index (κ3) is 3.05. The maximum atomic E-state index is 13.2. The first-order chi connectivity index (χ1) is 8.06. The highest BCUT2D eigenvalue weighted by atomic mass is 19.1. The van der Waals surface area contributed by atoms with Crippen molar-refractivity contribution < 1.29 is 9.13 Å². The molecule has 0 bridgehead atoms. The summed E-state index contributed by atoms with van der Waals surface area (Å²) in [6.45, 7) is 4.80. The van der Waals surface area contributed by atoms with E-state index < -0.39 is 0 Å². The molecule has 1 fully saturated rings. The van der Waals surface area contributed by atoms with Gasteiger partial charge in [0.2, 0.25) is 0 Å². The molecule has 3 unspecified atom stereocenters. The molecular weight excluding hydrogens is 217 g/mol. The fraction of sp³-hybridized carbons (Fsp3) is 0.571. The van der Waals surface area contributed by atoms with Gasteiger partial charge < -0.3 is 10.5 Å². The van der Waals surface area contributed by atoms with Crippen LogP contribution in [0.2, 0.25) is 0 Å². The summed E-state index contributed by atoms with van der Waals surface area (Å²) in [5.74, 6) is 0.210. The van der Waals surface area contributed by atoms with Crippen LogP contribution in [0.15, 0.2) is 18.2 Å². The van der Waals surface area contributed by atoms with E-state index in [1.54, 1.807) is 6.07 Å². The Morgan fingerprint density at radius 3 is 2.94 bits per heavy atom. The summed E-state index contributed by atoms with van der Waals surface area (Å²) >= 11 is 0. The van der Waals surface area contributed by atoms with Gasteiger partial charge in [-0.15, -0.1) is 0 Å². The van der Waals surface area contributed by atoms with Crippen LogP contribution in [0.25, 0.3) is 0 Å². The Balaban J connectivity index is 2.02. The molecule has 1 aromatic rings. The van der Waals surface area contributed by atoms with Gasteiger partial charge >= 0.3 is 0 Å². The predicted molar refractivity (Wildman–Crippen MR) is 66.3 cm³/mol. The lowest BCUT2D eigenvalue weighted by atomic mass is 9.91. The second kappa shape index (κ2) is 5.15. The van der Waals surface area contributed by atoms with Crippen molar-refractivity contribution >= 4 is 0 Å². The number of hydrogen-bond acceptors (Lipinski definition) is 2. The molecule has 3 atom stereocenters. The van der Waals surface area contributed by atoms with Crippen molar-refractivity contribution in [1.82, 2.24) is 0 Å². The molecule has 94 valence electrons.